The third kappa shape index (κ3) is 7.15. The van der Waals surface area contributed by atoms with E-state index in [4.69, 9.17) is 0 Å². The van der Waals surface area contributed by atoms with Crippen LogP contribution in [-0.2, 0) is 4.79 Å². The molecule has 7 nitrogen and oxygen atoms in total. The van der Waals surface area contributed by atoms with Crippen LogP contribution in [0.2, 0.25) is 0 Å². The fraction of sp³-hybridized carbons (Fsp3) is 0.762. The fourth-order valence-corrected chi connectivity index (χ4v) is 4.53. The van der Waals surface area contributed by atoms with Crippen molar-refractivity contribution in [3.05, 3.63) is 18.7 Å². The normalized spacial score (nSPS) is 23.4. The van der Waals surface area contributed by atoms with Gasteiger partial charge >= 0.3 is 0 Å². The first-order chi connectivity index (χ1) is 13.7. The number of carbonyl (C=O) groups excluding carboxylic acids is 1. The highest BCUT2D eigenvalue weighted by Gasteiger charge is 2.28. The van der Waals surface area contributed by atoms with Gasteiger partial charge in [0.05, 0.1) is 12.4 Å². The number of nitrogens with one attached hydrogen (secondary N) is 2. The van der Waals surface area contributed by atoms with Crippen molar-refractivity contribution >= 4 is 35.8 Å². The van der Waals surface area contributed by atoms with Gasteiger partial charge in [0.2, 0.25) is 5.91 Å². The molecule has 1 amide bonds. The average molecular weight is 516 g/mol. The molecule has 2 atom stereocenters. The Hall–Kier alpha value is -1.32. The van der Waals surface area contributed by atoms with Gasteiger partial charge in [-0.25, -0.2) is 4.98 Å². The molecule has 2 aliphatic rings. The van der Waals surface area contributed by atoms with Crippen molar-refractivity contribution in [2.75, 3.05) is 33.2 Å². The van der Waals surface area contributed by atoms with Crippen molar-refractivity contribution in [1.82, 2.24) is 25.1 Å². The molecule has 0 radical (unpaired) electrons. The number of hydrogen-bond acceptors (Lipinski definition) is 3. The largest absolute Gasteiger partial charge is 0.354 e. The van der Waals surface area contributed by atoms with Gasteiger partial charge in [-0.2, -0.15) is 0 Å². The van der Waals surface area contributed by atoms with Gasteiger partial charge in [0.25, 0.3) is 0 Å². The van der Waals surface area contributed by atoms with Crippen LogP contribution in [0.4, 0.5) is 0 Å². The molecule has 1 aliphatic heterocycles. The molecule has 2 heterocycles. The van der Waals surface area contributed by atoms with E-state index in [1.165, 1.54) is 32.1 Å². The van der Waals surface area contributed by atoms with Crippen LogP contribution < -0.4 is 10.6 Å². The zero-order chi connectivity index (χ0) is 19.8. The lowest BCUT2D eigenvalue weighted by molar-refractivity contribution is -0.122. The number of halogens is 1. The molecular formula is C21H37IN6O. The Morgan fingerprint density at radius 1 is 1.17 bits per heavy atom. The quantitative estimate of drug-likeness (QED) is 0.264. The molecule has 2 N–H and O–H groups in total. The summed E-state index contributed by atoms with van der Waals surface area (Å²) in [5.74, 6) is 2.31. The number of amides is 1. The van der Waals surface area contributed by atoms with Crippen molar-refractivity contribution in [3.8, 4) is 0 Å². The third-order valence-corrected chi connectivity index (χ3v) is 6.27. The van der Waals surface area contributed by atoms with Gasteiger partial charge in [-0.3, -0.25) is 9.79 Å². The van der Waals surface area contributed by atoms with E-state index in [9.17, 15) is 4.79 Å². The molecule has 1 aliphatic carbocycles. The molecule has 2 unspecified atom stereocenters. The maximum atomic E-state index is 12.1. The summed E-state index contributed by atoms with van der Waals surface area (Å²) < 4.78 is 2.20. The number of carbonyl (C=O) groups is 1. The van der Waals surface area contributed by atoms with Crippen molar-refractivity contribution in [1.29, 1.82) is 0 Å². The van der Waals surface area contributed by atoms with E-state index in [0.717, 1.165) is 25.5 Å². The minimum Gasteiger partial charge on any atom is -0.354 e. The third-order valence-electron chi connectivity index (χ3n) is 6.27. The molecule has 0 aromatic carbocycles. The minimum atomic E-state index is 0. The summed E-state index contributed by atoms with van der Waals surface area (Å²) >= 11 is 0. The van der Waals surface area contributed by atoms with Crippen LogP contribution in [-0.4, -0.2) is 59.5 Å². The second-order valence-electron chi connectivity index (χ2n) is 8.32. The molecule has 1 aromatic heterocycles. The molecule has 1 aromatic rings. The summed E-state index contributed by atoms with van der Waals surface area (Å²) in [6.07, 6.45) is 13.9. The van der Waals surface area contributed by atoms with Crippen molar-refractivity contribution in [2.24, 2.45) is 16.8 Å². The number of nitrogens with zero attached hydrogens (tertiary/aromatic N) is 4. The summed E-state index contributed by atoms with van der Waals surface area (Å²) in [6.45, 7) is 5.57. The molecule has 1 saturated carbocycles. The second kappa shape index (κ2) is 12.4. The first-order valence-corrected chi connectivity index (χ1v) is 10.9. The lowest BCUT2D eigenvalue weighted by Crippen LogP contribution is -2.50. The number of likely N-dealkylation sites (tertiary alicyclic amines) is 1. The van der Waals surface area contributed by atoms with E-state index in [1.807, 2.05) is 25.8 Å². The van der Waals surface area contributed by atoms with E-state index in [2.05, 4.69) is 37.0 Å². The standard InChI is InChI=1S/C21H36N6O.HI/c1-17-8-12-26(15-19(17)27-13-11-23-16-27)21(22-2)25-10-9-24-20(28)14-18-6-4-3-5-7-18;/h11,13,16-19H,3-10,12,14-15H2,1-2H3,(H,22,25)(H,24,28);1H. The van der Waals surface area contributed by atoms with E-state index in [0.29, 0.717) is 37.4 Å². The number of imidazole rings is 1. The Kier molecular flexibility index (Phi) is 10.2. The zero-order valence-electron chi connectivity index (χ0n) is 17.8. The average Bonchev–Trinajstić information content (AvgIpc) is 3.24. The smallest absolute Gasteiger partial charge is 0.220 e. The van der Waals surface area contributed by atoms with Crippen LogP contribution in [0.1, 0.15) is 57.9 Å². The molecule has 3 rings (SSSR count). The maximum Gasteiger partial charge on any atom is 0.220 e. The number of piperidine rings is 1. The lowest BCUT2D eigenvalue weighted by Gasteiger charge is -2.39. The predicted molar refractivity (Wildman–Crippen MR) is 128 cm³/mol. The molecule has 29 heavy (non-hydrogen) atoms. The zero-order valence-corrected chi connectivity index (χ0v) is 20.2. The molecule has 8 heteroatoms. The summed E-state index contributed by atoms with van der Waals surface area (Å²) in [4.78, 5) is 23.1. The summed E-state index contributed by atoms with van der Waals surface area (Å²) in [5, 5.41) is 6.48. The van der Waals surface area contributed by atoms with Crippen LogP contribution in [0, 0.1) is 11.8 Å². The topological polar surface area (TPSA) is 74.6 Å². The minimum absolute atomic E-state index is 0. The summed E-state index contributed by atoms with van der Waals surface area (Å²) in [7, 11) is 1.83. The molecule has 164 valence electrons. The first-order valence-electron chi connectivity index (χ1n) is 10.9. The fourth-order valence-electron chi connectivity index (χ4n) is 4.53. The Bertz CT molecular complexity index is 629. The molecule has 1 saturated heterocycles. The Morgan fingerprint density at radius 2 is 1.93 bits per heavy atom. The number of guanidine groups is 1. The van der Waals surface area contributed by atoms with Gasteiger partial charge in [-0.15, -0.1) is 24.0 Å². The van der Waals surface area contributed by atoms with Crippen LogP contribution in [0.15, 0.2) is 23.7 Å². The highest BCUT2D eigenvalue weighted by Crippen LogP contribution is 2.27. The lowest BCUT2D eigenvalue weighted by atomic mass is 9.87. The van der Waals surface area contributed by atoms with E-state index >= 15 is 0 Å². The van der Waals surface area contributed by atoms with Crippen LogP contribution in [0.25, 0.3) is 0 Å². The highest BCUT2D eigenvalue weighted by atomic mass is 127. The number of aromatic nitrogens is 2. The van der Waals surface area contributed by atoms with E-state index in [1.54, 1.807) is 0 Å². The Morgan fingerprint density at radius 3 is 2.62 bits per heavy atom. The molecule has 0 bridgehead atoms. The number of rotatable bonds is 6. The van der Waals surface area contributed by atoms with Gasteiger partial charge < -0.3 is 20.1 Å². The molecule has 0 spiro atoms. The van der Waals surface area contributed by atoms with Gasteiger partial charge in [0.15, 0.2) is 5.96 Å². The monoisotopic (exact) mass is 516 g/mol. The van der Waals surface area contributed by atoms with Crippen molar-refractivity contribution < 1.29 is 4.79 Å². The second-order valence-corrected chi connectivity index (χ2v) is 8.32. The highest BCUT2D eigenvalue weighted by molar-refractivity contribution is 14.0. The number of hydrogen-bond donors (Lipinski definition) is 2. The first kappa shape index (κ1) is 24.0. The Balaban J connectivity index is 0.00000300. The summed E-state index contributed by atoms with van der Waals surface area (Å²) in [6, 6.07) is 0.407. The SMILES string of the molecule is CN=C(NCCNC(=O)CC1CCCCC1)N1CCC(C)C(n2ccnc2)C1.I. The maximum absolute atomic E-state index is 12.1. The van der Waals surface area contributed by atoms with E-state index < -0.39 is 0 Å². The van der Waals surface area contributed by atoms with Gasteiger partial charge in [-0.05, 0) is 31.1 Å². The molecule has 2 fully saturated rings. The van der Waals surface area contributed by atoms with Gasteiger partial charge in [0.1, 0.15) is 0 Å². The van der Waals surface area contributed by atoms with Gasteiger partial charge in [-0.1, -0.05) is 26.2 Å². The van der Waals surface area contributed by atoms with Crippen LogP contribution in [0.3, 0.4) is 0 Å². The molecular weight excluding hydrogens is 479 g/mol. The van der Waals surface area contributed by atoms with Gasteiger partial charge in [0, 0.05) is 52.0 Å². The predicted octanol–water partition coefficient (Wildman–Crippen LogP) is 3.05. The Labute approximate surface area is 192 Å². The number of aliphatic imine (C=N–C) groups is 1. The van der Waals surface area contributed by atoms with Crippen LogP contribution >= 0.6 is 24.0 Å². The van der Waals surface area contributed by atoms with Crippen molar-refractivity contribution in [2.45, 2.75) is 57.9 Å². The van der Waals surface area contributed by atoms with Crippen molar-refractivity contribution in [3.63, 3.8) is 0 Å². The van der Waals surface area contributed by atoms with E-state index in [-0.39, 0.29) is 29.9 Å². The van der Waals surface area contributed by atoms with Crippen LogP contribution in [0.5, 0.6) is 0 Å². The summed E-state index contributed by atoms with van der Waals surface area (Å²) in [5.41, 5.74) is 0.